The molecule has 4 atom stereocenters. The molecule has 1 saturated heterocycles. The standard InChI is InChI=1S/C19H32N2O4/c1-12(2)9-20-17(22)11-25-19(24)15-8-18(23)21(10-15)16-7-5-6-13(3)14(16)4/h12-16H,5-11H2,1-4H3,(H,20,22)/t13-,14-,15-,16+/m1/s1. The van der Waals surface area contributed by atoms with Gasteiger partial charge >= 0.3 is 5.97 Å². The second kappa shape index (κ2) is 8.68. The second-order valence-corrected chi connectivity index (χ2v) is 8.09. The maximum absolute atomic E-state index is 12.4. The van der Waals surface area contributed by atoms with Gasteiger partial charge in [0.1, 0.15) is 0 Å². The SMILES string of the molecule is CC(C)CNC(=O)COC(=O)[C@@H]1CC(=O)N([C@H]2CCC[C@@H](C)[C@H]2C)C1. The average molecular weight is 352 g/mol. The van der Waals surface area contributed by atoms with Gasteiger partial charge in [-0.05, 0) is 24.2 Å². The van der Waals surface area contributed by atoms with Gasteiger partial charge in [-0.15, -0.1) is 0 Å². The zero-order valence-electron chi connectivity index (χ0n) is 15.9. The van der Waals surface area contributed by atoms with Crippen LogP contribution in [0.3, 0.4) is 0 Å². The molecule has 2 rings (SSSR count). The van der Waals surface area contributed by atoms with E-state index in [4.69, 9.17) is 4.74 Å². The van der Waals surface area contributed by atoms with Crippen LogP contribution < -0.4 is 5.32 Å². The van der Waals surface area contributed by atoms with Crippen molar-refractivity contribution in [3.63, 3.8) is 0 Å². The van der Waals surface area contributed by atoms with Crippen LogP contribution in [0.4, 0.5) is 0 Å². The van der Waals surface area contributed by atoms with Gasteiger partial charge in [-0.1, -0.05) is 40.5 Å². The molecule has 6 heteroatoms. The Bertz CT molecular complexity index is 506. The van der Waals surface area contributed by atoms with Crippen molar-refractivity contribution in [1.29, 1.82) is 0 Å². The lowest BCUT2D eigenvalue weighted by Gasteiger charge is -2.39. The van der Waals surface area contributed by atoms with Crippen LogP contribution in [0.1, 0.15) is 53.4 Å². The summed E-state index contributed by atoms with van der Waals surface area (Å²) in [6, 6.07) is 0.225. The maximum Gasteiger partial charge on any atom is 0.311 e. The van der Waals surface area contributed by atoms with E-state index in [9.17, 15) is 14.4 Å². The van der Waals surface area contributed by atoms with Crippen molar-refractivity contribution in [1.82, 2.24) is 10.2 Å². The lowest BCUT2D eigenvalue weighted by atomic mass is 9.77. The molecule has 2 aliphatic rings. The molecule has 2 amide bonds. The number of carbonyl (C=O) groups is 3. The monoisotopic (exact) mass is 352 g/mol. The minimum Gasteiger partial charge on any atom is -0.455 e. The van der Waals surface area contributed by atoms with Gasteiger partial charge in [-0.2, -0.15) is 0 Å². The third kappa shape index (κ3) is 5.19. The van der Waals surface area contributed by atoms with Crippen molar-refractivity contribution in [3.05, 3.63) is 0 Å². The number of carbonyl (C=O) groups excluding carboxylic acids is 3. The predicted molar refractivity (Wildman–Crippen MR) is 94.6 cm³/mol. The number of hydrogen-bond donors (Lipinski definition) is 1. The Kier molecular flexibility index (Phi) is 6.85. The molecular formula is C19H32N2O4. The summed E-state index contributed by atoms with van der Waals surface area (Å²) in [6.07, 6.45) is 3.54. The number of amides is 2. The van der Waals surface area contributed by atoms with E-state index in [-0.39, 0.29) is 30.9 Å². The van der Waals surface area contributed by atoms with E-state index in [0.29, 0.717) is 30.8 Å². The summed E-state index contributed by atoms with van der Waals surface area (Å²) >= 11 is 0. The van der Waals surface area contributed by atoms with Crippen molar-refractivity contribution >= 4 is 17.8 Å². The van der Waals surface area contributed by atoms with Gasteiger partial charge in [0.05, 0.1) is 5.92 Å². The molecule has 0 aromatic heterocycles. The molecule has 0 radical (unpaired) electrons. The number of nitrogens with one attached hydrogen (secondary N) is 1. The molecule has 1 N–H and O–H groups in total. The second-order valence-electron chi connectivity index (χ2n) is 8.09. The average Bonchev–Trinajstić information content (AvgIpc) is 2.95. The maximum atomic E-state index is 12.4. The smallest absolute Gasteiger partial charge is 0.311 e. The fourth-order valence-corrected chi connectivity index (χ4v) is 3.83. The first-order valence-corrected chi connectivity index (χ1v) is 9.52. The Morgan fingerprint density at radius 2 is 2.00 bits per heavy atom. The van der Waals surface area contributed by atoms with Gasteiger partial charge in [0.15, 0.2) is 6.61 Å². The predicted octanol–water partition coefficient (Wildman–Crippen LogP) is 1.97. The highest BCUT2D eigenvalue weighted by atomic mass is 16.5. The van der Waals surface area contributed by atoms with Crippen molar-refractivity contribution in [3.8, 4) is 0 Å². The number of rotatable bonds is 6. The summed E-state index contributed by atoms with van der Waals surface area (Å²) in [5.41, 5.74) is 0. The molecule has 1 aliphatic carbocycles. The van der Waals surface area contributed by atoms with Crippen molar-refractivity contribution in [2.75, 3.05) is 19.7 Å². The van der Waals surface area contributed by atoms with Gasteiger partial charge in [-0.25, -0.2) is 0 Å². The summed E-state index contributed by atoms with van der Waals surface area (Å²) in [7, 11) is 0. The number of esters is 1. The van der Waals surface area contributed by atoms with E-state index in [0.717, 1.165) is 12.8 Å². The first-order chi connectivity index (χ1) is 11.8. The van der Waals surface area contributed by atoms with Crippen LogP contribution in [0.2, 0.25) is 0 Å². The molecule has 0 unspecified atom stereocenters. The molecule has 25 heavy (non-hydrogen) atoms. The van der Waals surface area contributed by atoms with E-state index in [1.54, 1.807) is 0 Å². The van der Waals surface area contributed by atoms with Crippen molar-refractivity contribution in [2.45, 2.75) is 59.4 Å². The Balaban J connectivity index is 1.83. The van der Waals surface area contributed by atoms with Gasteiger partial charge in [-0.3, -0.25) is 14.4 Å². The van der Waals surface area contributed by atoms with Crippen LogP contribution in [0, 0.1) is 23.7 Å². The minimum absolute atomic E-state index is 0.0390. The highest BCUT2D eigenvalue weighted by molar-refractivity contribution is 5.88. The Hall–Kier alpha value is -1.59. The van der Waals surface area contributed by atoms with E-state index < -0.39 is 11.9 Å². The highest BCUT2D eigenvalue weighted by Crippen LogP contribution is 2.35. The Morgan fingerprint density at radius 1 is 1.28 bits per heavy atom. The largest absolute Gasteiger partial charge is 0.455 e. The van der Waals surface area contributed by atoms with Crippen molar-refractivity contribution < 1.29 is 19.1 Å². The van der Waals surface area contributed by atoms with Crippen LogP contribution in [0.25, 0.3) is 0 Å². The van der Waals surface area contributed by atoms with Crippen LogP contribution in [-0.2, 0) is 19.1 Å². The molecule has 0 spiro atoms. The van der Waals surface area contributed by atoms with Gasteiger partial charge in [0, 0.05) is 25.6 Å². The highest BCUT2D eigenvalue weighted by Gasteiger charge is 2.42. The topological polar surface area (TPSA) is 75.7 Å². The van der Waals surface area contributed by atoms with Gasteiger partial charge in [0.2, 0.25) is 5.91 Å². The molecule has 1 saturated carbocycles. The molecule has 142 valence electrons. The lowest BCUT2D eigenvalue weighted by Crippen LogP contribution is -2.45. The number of ether oxygens (including phenoxy) is 1. The zero-order valence-corrected chi connectivity index (χ0v) is 15.9. The summed E-state index contributed by atoms with van der Waals surface area (Å²) in [5, 5.41) is 2.71. The van der Waals surface area contributed by atoms with E-state index >= 15 is 0 Å². The zero-order chi connectivity index (χ0) is 18.6. The molecule has 0 aromatic carbocycles. The first kappa shape index (κ1) is 19.7. The van der Waals surface area contributed by atoms with E-state index in [1.807, 2.05) is 18.7 Å². The number of hydrogen-bond acceptors (Lipinski definition) is 4. The molecule has 1 heterocycles. The molecular weight excluding hydrogens is 320 g/mol. The summed E-state index contributed by atoms with van der Waals surface area (Å²) in [4.78, 5) is 38.2. The Labute approximate surface area is 150 Å². The molecule has 1 aliphatic heterocycles. The molecule has 6 nitrogen and oxygen atoms in total. The van der Waals surface area contributed by atoms with Crippen LogP contribution in [0.5, 0.6) is 0 Å². The van der Waals surface area contributed by atoms with Crippen LogP contribution in [-0.4, -0.2) is 48.4 Å². The van der Waals surface area contributed by atoms with Gasteiger partial charge in [0.25, 0.3) is 5.91 Å². The normalized spacial score (nSPS) is 29.8. The fraction of sp³-hybridized carbons (Fsp3) is 0.842. The van der Waals surface area contributed by atoms with E-state index in [1.165, 1.54) is 6.42 Å². The van der Waals surface area contributed by atoms with Gasteiger partial charge < -0.3 is 15.0 Å². The van der Waals surface area contributed by atoms with Crippen LogP contribution in [0.15, 0.2) is 0 Å². The third-order valence-electron chi connectivity index (χ3n) is 5.61. The minimum atomic E-state index is -0.449. The summed E-state index contributed by atoms with van der Waals surface area (Å²) < 4.78 is 5.12. The summed E-state index contributed by atoms with van der Waals surface area (Å²) in [5.74, 6) is 0.258. The third-order valence-corrected chi connectivity index (χ3v) is 5.61. The number of nitrogens with zero attached hydrogens (tertiary/aromatic N) is 1. The molecule has 0 aromatic rings. The lowest BCUT2D eigenvalue weighted by molar-refractivity contribution is -0.152. The van der Waals surface area contributed by atoms with Crippen molar-refractivity contribution in [2.24, 2.45) is 23.7 Å². The molecule has 0 bridgehead atoms. The number of likely N-dealkylation sites (tertiary alicyclic amines) is 1. The fourth-order valence-electron chi connectivity index (χ4n) is 3.83. The summed E-state index contributed by atoms with van der Waals surface area (Å²) in [6.45, 7) is 9.14. The quantitative estimate of drug-likeness (QED) is 0.742. The Morgan fingerprint density at radius 3 is 2.68 bits per heavy atom. The molecule has 2 fully saturated rings. The first-order valence-electron chi connectivity index (χ1n) is 9.52. The van der Waals surface area contributed by atoms with Crippen LogP contribution >= 0.6 is 0 Å². The van der Waals surface area contributed by atoms with E-state index in [2.05, 4.69) is 19.2 Å².